The maximum absolute atomic E-state index is 12.6. The third-order valence-corrected chi connectivity index (χ3v) is 6.51. The van der Waals surface area contributed by atoms with Gasteiger partial charge >= 0.3 is 5.97 Å². The molecule has 0 unspecified atom stereocenters. The van der Waals surface area contributed by atoms with Crippen molar-refractivity contribution in [2.45, 2.75) is 25.2 Å². The van der Waals surface area contributed by atoms with E-state index in [2.05, 4.69) is 17.4 Å². The molecular formula is C22H18ClNO3S. The van der Waals surface area contributed by atoms with Crippen molar-refractivity contribution in [2.75, 3.05) is 5.32 Å². The van der Waals surface area contributed by atoms with Gasteiger partial charge in [0, 0.05) is 15.5 Å². The second-order valence-electron chi connectivity index (χ2n) is 6.82. The highest BCUT2D eigenvalue weighted by molar-refractivity contribution is 7.17. The maximum Gasteiger partial charge on any atom is 0.339 e. The van der Waals surface area contributed by atoms with Gasteiger partial charge in [0.25, 0.3) is 5.91 Å². The largest absolute Gasteiger partial charge is 0.478 e. The van der Waals surface area contributed by atoms with Gasteiger partial charge in [0.1, 0.15) is 5.00 Å². The monoisotopic (exact) mass is 411 g/mol. The molecule has 3 aromatic rings. The Morgan fingerprint density at radius 2 is 1.79 bits per heavy atom. The van der Waals surface area contributed by atoms with Gasteiger partial charge in [-0.2, -0.15) is 0 Å². The minimum Gasteiger partial charge on any atom is -0.478 e. The Morgan fingerprint density at radius 3 is 2.46 bits per heavy atom. The van der Waals surface area contributed by atoms with E-state index >= 15 is 0 Å². The molecule has 142 valence electrons. The predicted molar refractivity (Wildman–Crippen MR) is 112 cm³/mol. The van der Waals surface area contributed by atoms with Crippen LogP contribution in [0.3, 0.4) is 0 Å². The second kappa shape index (κ2) is 7.78. The maximum atomic E-state index is 12.6. The molecule has 0 saturated carbocycles. The number of amides is 1. The summed E-state index contributed by atoms with van der Waals surface area (Å²) >= 11 is 7.24. The fraction of sp³-hybridized carbons (Fsp3) is 0.182. The van der Waals surface area contributed by atoms with Crippen LogP contribution >= 0.6 is 22.9 Å². The van der Waals surface area contributed by atoms with E-state index in [9.17, 15) is 14.7 Å². The third kappa shape index (κ3) is 3.68. The molecule has 1 aliphatic rings. The Bertz CT molecular complexity index is 1030. The van der Waals surface area contributed by atoms with Gasteiger partial charge in [0.2, 0.25) is 0 Å². The molecule has 0 bridgehead atoms. The van der Waals surface area contributed by atoms with Gasteiger partial charge in [-0.25, -0.2) is 4.79 Å². The first kappa shape index (κ1) is 18.7. The van der Waals surface area contributed by atoms with Crippen molar-refractivity contribution in [3.63, 3.8) is 0 Å². The molecule has 0 spiro atoms. The summed E-state index contributed by atoms with van der Waals surface area (Å²) in [7, 11) is 0. The van der Waals surface area contributed by atoms with Crippen molar-refractivity contribution in [1.82, 2.24) is 0 Å². The Morgan fingerprint density at radius 1 is 1.07 bits per heavy atom. The number of nitrogens with one attached hydrogen (secondary N) is 1. The Balaban J connectivity index is 1.62. The van der Waals surface area contributed by atoms with Crippen LogP contribution in [0.15, 0.2) is 54.6 Å². The van der Waals surface area contributed by atoms with E-state index in [4.69, 9.17) is 11.6 Å². The molecule has 1 aliphatic carbocycles. The topological polar surface area (TPSA) is 66.4 Å². The summed E-state index contributed by atoms with van der Waals surface area (Å²) in [5.41, 5.74) is 2.80. The van der Waals surface area contributed by atoms with Gasteiger partial charge in [0.05, 0.1) is 5.56 Å². The van der Waals surface area contributed by atoms with E-state index in [0.29, 0.717) is 27.9 Å². The molecule has 1 amide bonds. The average molecular weight is 412 g/mol. The highest BCUT2D eigenvalue weighted by Gasteiger charge is 2.30. The first-order valence-electron chi connectivity index (χ1n) is 9.02. The fourth-order valence-corrected chi connectivity index (χ4v) is 5.13. The molecule has 6 heteroatoms. The lowest BCUT2D eigenvalue weighted by atomic mass is 9.83. The number of carbonyl (C=O) groups is 2. The van der Waals surface area contributed by atoms with Crippen molar-refractivity contribution >= 4 is 39.8 Å². The number of anilines is 1. The van der Waals surface area contributed by atoms with E-state index in [1.807, 2.05) is 18.2 Å². The van der Waals surface area contributed by atoms with Crippen LogP contribution in [0, 0.1) is 0 Å². The molecule has 0 fully saturated rings. The number of hydrogen-bond donors (Lipinski definition) is 2. The lowest BCUT2D eigenvalue weighted by Gasteiger charge is -2.22. The highest BCUT2D eigenvalue weighted by Crippen LogP contribution is 2.42. The zero-order chi connectivity index (χ0) is 19.7. The van der Waals surface area contributed by atoms with Crippen LogP contribution in [0.4, 0.5) is 5.00 Å². The fourth-order valence-electron chi connectivity index (χ4n) is 3.69. The number of carboxylic acids is 1. The Hall–Kier alpha value is -2.63. The molecule has 4 nitrogen and oxygen atoms in total. The average Bonchev–Trinajstić information content (AvgIpc) is 3.06. The molecule has 4 rings (SSSR count). The van der Waals surface area contributed by atoms with Crippen LogP contribution in [-0.2, 0) is 12.8 Å². The second-order valence-corrected chi connectivity index (χ2v) is 8.37. The van der Waals surface area contributed by atoms with Crippen molar-refractivity contribution in [3.05, 3.63) is 86.8 Å². The number of hydrogen-bond acceptors (Lipinski definition) is 3. The molecule has 0 saturated heterocycles. The predicted octanol–water partition coefficient (Wildman–Crippen LogP) is 5.62. The smallest absolute Gasteiger partial charge is 0.339 e. The lowest BCUT2D eigenvalue weighted by Crippen LogP contribution is -2.15. The quantitative estimate of drug-likeness (QED) is 0.585. The number of carbonyl (C=O) groups excluding carboxylic acids is 1. The van der Waals surface area contributed by atoms with Gasteiger partial charge in [-0.3, -0.25) is 4.79 Å². The van der Waals surface area contributed by atoms with Gasteiger partial charge in [0.15, 0.2) is 0 Å². The van der Waals surface area contributed by atoms with Crippen LogP contribution in [0.2, 0.25) is 5.02 Å². The van der Waals surface area contributed by atoms with Gasteiger partial charge in [-0.05, 0) is 60.6 Å². The molecule has 0 radical (unpaired) electrons. The summed E-state index contributed by atoms with van der Waals surface area (Å²) in [5, 5.41) is 13.5. The SMILES string of the molecule is O=C(Nc1sc2c(c1C(=O)O)CC[C@@H](c1ccccc1)C2)c1ccc(Cl)cc1. The number of halogens is 1. The Labute approximate surface area is 171 Å². The summed E-state index contributed by atoms with van der Waals surface area (Å²) in [5.74, 6) is -0.965. The van der Waals surface area contributed by atoms with Crippen LogP contribution in [0.25, 0.3) is 0 Å². The van der Waals surface area contributed by atoms with Crippen LogP contribution in [-0.4, -0.2) is 17.0 Å². The lowest BCUT2D eigenvalue weighted by molar-refractivity contribution is 0.0697. The van der Waals surface area contributed by atoms with Gasteiger partial charge in [-0.1, -0.05) is 41.9 Å². The molecule has 1 aromatic heterocycles. The first-order valence-corrected chi connectivity index (χ1v) is 10.2. The number of aromatic carboxylic acids is 1. The summed E-state index contributed by atoms with van der Waals surface area (Å²) in [6.45, 7) is 0. The summed E-state index contributed by atoms with van der Waals surface area (Å²) in [6.07, 6.45) is 2.39. The number of carboxylic acid groups (broad SMARTS) is 1. The summed E-state index contributed by atoms with van der Waals surface area (Å²) in [6, 6.07) is 16.8. The van der Waals surface area contributed by atoms with Gasteiger partial charge < -0.3 is 10.4 Å². The molecule has 2 aromatic carbocycles. The standard InChI is InChI=1S/C22H18ClNO3S/c23-16-9-6-14(7-10-16)20(25)24-21-19(22(26)27)17-11-8-15(12-18(17)28-21)13-4-2-1-3-5-13/h1-7,9-10,15H,8,11-12H2,(H,24,25)(H,26,27)/t15-/m1/s1. The van der Waals surface area contributed by atoms with Crippen LogP contribution < -0.4 is 5.32 Å². The molecule has 28 heavy (non-hydrogen) atoms. The van der Waals surface area contributed by atoms with Crippen LogP contribution in [0.1, 0.15) is 49.1 Å². The van der Waals surface area contributed by atoms with Crippen molar-refractivity contribution in [2.24, 2.45) is 0 Å². The molecule has 0 aliphatic heterocycles. The van der Waals surface area contributed by atoms with Crippen molar-refractivity contribution in [3.8, 4) is 0 Å². The molecule has 2 N–H and O–H groups in total. The van der Waals surface area contributed by atoms with E-state index in [1.54, 1.807) is 24.3 Å². The van der Waals surface area contributed by atoms with E-state index in [-0.39, 0.29) is 11.5 Å². The third-order valence-electron chi connectivity index (χ3n) is 5.08. The molecule has 1 heterocycles. The minimum atomic E-state index is -0.998. The van der Waals surface area contributed by atoms with Crippen LogP contribution in [0.5, 0.6) is 0 Å². The number of fused-ring (bicyclic) bond motifs is 1. The van der Waals surface area contributed by atoms with E-state index < -0.39 is 5.97 Å². The zero-order valence-electron chi connectivity index (χ0n) is 14.9. The Kier molecular flexibility index (Phi) is 5.20. The number of rotatable bonds is 4. The minimum absolute atomic E-state index is 0.230. The first-order chi connectivity index (χ1) is 13.5. The van der Waals surface area contributed by atoms with E-state index in [1.165, 1.54) is 16.9 Å². The molecule has 1 atom stereocenters. The zero-order valence-corrected chi connectivity index (χ0v) is 16.5. The summed E-state index contributed by atoms with van der Waals surface area (Å²) < 4.78 is 0. The molecular weight excluding hydrogens is 394 g/mol. The van der Waals surface area contributed by atoms with E-state index in [0.717, 1.165) is 23.3 Å². The highest BCUT2D eigenvalue weighted by atomic mass is 35.5. The summed E-state index contributed by atoms with van der Waals surface area (Å²) in [4.78, 5) is 25.5. The van der Waals surface area contributed by atoms with Crippen molar-refractivity contribution < 1.29 is 14.7 Å². The van der Waals surface area contributed by atoms with Crippen molar-refractivity contribution in [1.29, 1.82) is 0 Å². The van der Waals surface area contributed by atoms with Gasteiger partial charge in [-0.15, -0.1) is 11.3 Å². The number of benzene rings is 2. The normalized spacial score (nSPS) is 15.7. The number of thiophene rings is 1.